The number of fused-ring (bicyclic) bond motifs is 1. The van der Waals surface area contributed by atoms with Crippen LogP contribution in [0.4, 0.5) is 21.7 Å². The first kappa shape index (κ1) is 27.1. The Kier molecular flexibility index (Phi) is 9.81. The predicted molar refractivity (Wildman–Crippen MR) is 141 cm³/mol. The van der Waals surface area contributed by atoms with Gasteiger partial charge in [-0.1, -0.05) is 25.5 Å². The van der Waals surface area contributed by atoms with Gasteiger partial charge in [-0.05, 0) is 62.0 Å². The summed E-state index contributed by atoms with van der Waals surface area (Å²) in [5.74, 6) is 1.06. The number of anilines is 3. The highest BCUT2D eigenvalue weighted by Crippen LogP contribution is 2.29. The molecule has 0 saturated heterocycles. The second-order valence-corrected chi connectivity index (χ2v) is 9.09. The number of benzene rings is 1. The van der Waals surface area contributed by atoms with E-state index in [1.165, 1.54) is 6.07 Å². The fourth-order valence-electron chi connectivity index (χ4n) is 4.43. The van der Waals surface area contributed by atoms with E-state index < -0.39 is 0 Å². The van der Waals surface area contributed by atoms with Crippen LogP contribution < -0.4 is 25.2 Å². The first-order valence-corrected chi connectivity index (χ1v) is 12.3. The number of nitrogens with one attached hydrogen (secondary N) is 2. The molecule has 3 rings (SSSR count). The quantitative estimate of drug-likeness (QED) is 0.236. The summed E-state index contributed by atoms with van der Waals surface area (Å²) in [6.07, 6.45) is 5.61. The van der Waals surface area contributed by atoms with E-state index >= 15 is 0 Å². The zero-order chi connectivity index (χ0) is 26.1. The van der Waals surface area contributed by atoms with E-state index in [9.17, 15) is 14.0 Å². The lowest BCUT2D eigenvalue weighted by molar-refractivity contribution is -0.118. The average molecular weight is 498 g/mol. The molecule has 1 aliphatic rings. The summed E-state index contributed by atoms with van der Waals surface area (Å²) in [6.45, 7) is 7.76. The molecule has 0 radical (unpaired) electrons. The maximum absolute atomic E-state index is 14.6. The number of nitrogens with zero attached hydrogens (tertiary/aromatic N) is 3. The van der Waals surface area contributed by atoms with Crippen LogP contribution in [0.2, 0.25) is 0 Å². The summed E-state index contributed by atoms with van der Waals surface area (Å²) in [4.78, 5) is 31.3. The predicted octanol–water partition coefficient (Wildman–Crippen LogP) is 3.56. The van der Waals surface area contributed by atoms with Gasteiger partial charge in [0.1, 0.15) is 11.6 Å². The number of aromatic nitrogens is 1. The highest BCUT2D eigenvalue weighted by atomic mass is 19.1. The second kappa shape index (κ2) is 13.0. The van der Waals surface area contributed by atoms with Gasteiger partial charge >= 0.3 is 0 Å². The fraction of sp³-hybridized carbons (Fsp3) is 0.444. The summed E-state index contributed by atoms with van der Waals surface area (Å²) in [7, 11) is 3.86. The summed E-state index contributed by atoms with van der Waals surface area (Å²) in [6, 6.07) is 6.79. The van der Waals surface area contributed by atoms with Crippen molar-refractivity contribution in [2.75, 3.05) is 55.5 Å². The van der Waals surface area contributed by atoms with E-state index in [1.807, 2.05) is 31.1 Å². The third-order valence-corrected chi connectivity index (χ3v) is 6.32. The number of hydrogen-bond acceptors (Lipinski definition) is 6. The Balaban J connectivity index is 1.54. The van der Waals surface area contributed by atoms with Crippen LogP contribution in [0.5, 0.6) is 5.75 Å². The van der Waals surface area contributed by atoms with Gasteiger partial charge < -0.3 is 20.3 Å². The topological polar surface area (TPSA) is 86.8 Å². The highest BCUT2D eigenvalue weighted by molar-refractivity contribution is 5.94. The molecule has 0 saturated carbocycles. The van der Waals surface area contributed by atoms with Gasteiger partial charge in [-0.2, -0.15) is 0 Å². The van der Waals surface area contributed by atoms with Crippen molar-refractivity contribution in [1.29, 1.82) is 0 Å². The van der Waals surface area contributed by atoms with Gasteiger partial charge in [-0.25, -0.2) is 9.37 Å². The van der Waals surface area contributed by atoms with E-state index in [-0.39, 0.29) is 24.2 Å². The van der Waals surface area contributed by atoms with Crippen molar-refractivity contribution >= 4 is 29.6 Å². The third-order valence-electron chi connectivity index (χ3n) is 6.32. The lowest BCUT2D eigenvalue weighted by Crippen LogP contribution is -2.32. The maximum Gasteiger partial charge on any atom is 0.263 e. The molecule has 0 spiro atoms. The van der Waals surface area contributed by atoms with Gasteiger partial charge in [-0.3, -0.25) is 14.5 Å². The molecule has 1 unspecified atom stereocenters. The van der Waals surface area contributed by atoms with Crippen molar-refractivity contribution in [2.24, 2.45) is 5.92 Å². The number of allylic oxidation sites excluding steroid dienone is 1. The molecule has 0 aliphatic carbocycles. The molecule has 0 fully saturated rings. The first-order valence-electron chi connectivity index (χ1n) is 12.3. The normalized spacial score (nSPS) is 13.3. The Labute approximate surface area is 212 Å². The molecule has 2 amide bonds. The smallest absolute Gasteiger partial charge is 0.263 e. The maximum atomic E-state index is 14.6. The van der Waals surface area contributed by atoms with E-state index in [1.54, 1.807) is 17.0 Å². The standard InChI is InChI=1S/C27H36FN5O3/c1-5-7-20-8-9-22(28)21(26(20)32(3)4)13-15-29-14-12-19(6-2)16-33(18-34)24-11-10-23-27(30-24)31-25(35)17-36-23/h5,8-11,18-19,29H,1,6-7,12-17H2,2-4H3,(H,30,31,35). The van der Waals surface area contributed by atoms with Crippen LogP contribution in [-0.4, -0.2) is 57.6 Å². The Hall–Kier alpha value is -3.46. The van der Waals surface area contributed by atoms with Crippen molar-refractivity contribution in [3.8, 4) is 5.75 Å². The number of pyridine rings is 1. The molecular weight excluding hydrogens is 461 g/mol. The van der Waals surface area contributed by atoms with Crippen molar-refractivity contribution in [2.45, 2.75) is 32.6 Å². The SMILES string of the molecule is C=CCc1ccc(F)c(CCNCCC(CC)CN(C=O)c2ccc3c(n2)NC(=O)CO3)c1N(C)C. The second-order valence-electron chi connectivity index (χ2n) is 9.09. The zero-order valence-corrected chi connectivity index (χ0v) is 21.3. The number of rotatable bonds is 14. The zero-order valence-electron chi connectivity index (χ0n) is 21.3. The van der Waals surface area contributed by atoms with Gasteiger partial charge in [0.25, 0.3) is 5.91 Å². The molecular formula is C27H36FN5O3. The molecule has 2 N–H and O–H groups in total. The highest BCUT2D eigenvalue weighted by Gasteiger charge is 2.21. The van der Waals surface area contributed by atoms with Crippen LogP contribution in [0.15, 0.2) is 36.9 Å². The Bertz CT molecular complexity index is 1080. The van der Waals surface area contributed by atoms with Crippen LogP contribution in [-0.2, 0) is 22.4 Å². The summed E-state index contributed by atoms with van der Waals surface area (Å²) >= 11 is 0. The Morgan fingerprint density at radius 2 is 2.08 bits per heavy atom. The van der Waals surface area contributed by atoms with Crippen LogP contribution in [0, 0.1) is 11.7 Å². The van der Waals surface area contributed by atoms with Crippen molar-refractivity contribution in [3.63, 3.8) is 0 Å². The molecule has 2 heterocycles. The Morgan fingerprint density at radius 3 is 2.78 bits per heavy atom. The van der Waals surface area contributed by atoms with Gasteiger partial charge in [0.15, 0.2) is 18.2 Å². The van der Waals surface area contributed by atoms with E-state index in [0.29, 0.717) is 48.9 Å². The summed E-state index contributed by atoms with van der Waals surface area (Å²) < 4.78 is 20.0. The van der Waals surface area contributed by atoms with Crippen LogP contribution in [0.25, 0.3) is 0 Å². The lowest BCUT2D eigenvalue weighted by atomic mass is 10.00. The number of carbonyl (C=O) groups excluding carboxylic acids is 2. The molecule has 2 aromatic rings. The van der Waals surface area contributed by atoms with Gasteiger partial charge in [0.05, 0.1) is 0 Å². The largest absolute Gasteiger partial charge is 0.480 e. The number of carbonyl (C=O) groups is 2. The molecule has 36 heavy (non-hydrogen) atoms. The average Bonchev–Trinajstić information content (AvgIpc) is 2.86. The number of halogens is 1. The number of ether oxygens (including phenoxy) is 1. The monoisotopic (exact) mass is 497 g/mol. The van der Waals surface area contributed by atoms with Crippen LogP contribution >= 0.6 is 0 Å². The lowest BCUT2D eigenvalue weighted by Gasteiger charge is -2.25. The van der Waals surface area contributed by atoms with E-state index in [2.05, 4.69) is 29.1 Å². The molecule has 1 aromatic carbocycles. The molecule has 8 nitrogen and oxygen atoms in total. The molecule has 1 aromatic heterocycles. The van der Waals surface area contributed by atoms with E-state index in [4.69, 9.17) is 4.74 Å². The van der Waals surface area contributed by atoms with Crippen molar-refractivity contribution in [3.05, 3.63) is 53.9 Å². The fourth-order valence-corrected chi connectivity index (χ4v) is 4.43. The minimum atomic E-state index is -0.271. The minimum Gasteiger partial charge on any atom is -0.480 e. The summed E-state index contributed by atoms with van der Waals surface area (Å²) in [5.41, 5.74) is 2.69. The van der Waals surface area contributed by atoms with Gasteiger partial charge in [0, 0.05) is 31.9 Å². The molecule has 0 bridgehead atoms. The third kappa shape index (κ3) is 6.81. The molecule has 1 atom stereocenters. The van der Waals surface area contributed by atoms with Crippen LogP contribution in [0.3, 0.4) is 0 Å². The number of hydrogen-bond donors (Lipinski definition) is 2. The van der Waals surface area contributed by atoms with Crippen molar-refractivity contribution < 1.29 is 18.7 Å². The van der Waals surface area contributed by atoms with Gasteiger partial charge in [0.2, 0.25) is 6.41 Å². The molecule has 194 valence electrons. The molecule has 1 aliphatic heterocycles. The van der Waals surface area contributed by atoms with Crippen molar-refractivity contribution in [1.82, 2.24) is 10.3 Å². The van der Waals surface area contributed by atoms with Gasteiger partial charge in [-0.15, -0.1) is 6.58 Å². The summed E-state index contributed by atoms with van der Waals surface area (Å²) in [5, 5.41) is 6.10. The first-order chi connectivity index (χ1) is 17.4. The minimum absolute atomic E-state index is 0.0420. The van der Waals surface area contributed by atoms with E-state index in [0.717, 1.165) is 37.0 Å². The molecule has 9 heteroatoms. The number of amides is 2. The van der Waals surface area contributed by atoms with Crippen LogP contribution in [0.1, 0.15) is 30.9 Å². The Morgan fingerprint density at radius 1 is 1.28 bits per heavy atom.